The summed E-state index contributed by atoms with van der Waals surface area (Å²) in [6.07, 6.45) is 0. The number of nitrogens with zero attached hydrogens (tertiary/aromatic N) is 3. The first-order valence-electron chi connectivity index (χ1n) is 6.51. The SMILES string of the molecule is O=C(Cn1c(-c2cscn2)nc2ccccc21)NCCO. The zero-order chi connectivity index (χ0) is 14.7. The number of thiazole rings is 1. The summed E-state index contributed by atoms with van der Waals surface area (Å²) in [6.45, 7) is 0.320. The lowest BCUT2D eigenvalue weighted by atomic mass is 10.3. The summed E-state index contributed by atoms with van der Waals surface area (Å²) in [5.74, 6) is 0.514. The van der Waals surface area contributed by atoms with Crippen molar-refractivity contribution in [2.45, 2.75) is 6.54 Å². The number of benzene rings is 1. The third kappa shape index (κ3) is 2.79. The molecule has 1 amide bonds. The number of rotatable bonds is 5. The number of hydrogen-bond acceptors (Lipinski definition) is 5. The van der Waals surface area contributed by atoms with E-state index in [9.17, 15) is 4.79 Å². The van der Waals surface area contributed by atoms with Gasteiger partial charge in [0, 0.05) is 11.9 Å². The molecule has 3 rings (SSSR count). The van der Waals surface area contributed by atoms with Crippen LogP contribution in [0.4, 0.5) is 0 Å². The molecule has 0 radical (unpaired) electrons. The highest BCUT2D eigenvalue weighted by Crippen LogP contribution is 2.24. The summed E-state index contributed by atoms with van der Waals surface area (Å²) >= 11 is 1.49. The Morgan fingerprint density at radius 1 is 1.38 bits per heavy atom. The lowest BCUT2D eigenvalue weighted by Crippen LogP contribution is -2.30. The van der Waals surface area contributed by atoms with E-state index in [2.05, 4.69) is 15.3 Å². The van der Waals surface area contributed by atoms with Crippen LogP contribution in [0.5, 0.6) is 0 Å². The third-order valence-corrected chi connectivity index (χ3v) is 3.64. The van der Waals surface area contributed by atoms with Crippen LogP contribution in [0.25, 0.3) is 22.6 Å². The standard InChI is InChI=1S/C14H14N4O2S/c19-6-5-15-13(20)7-18-12-4-2-1-3-10(12)17-14(18)11-8-21-9-16-11/h1-4,8-9,19H,5-7H2,(H,15,20). The smallest absolute Gasteiger partial charge is 0.240 e. The van der Waals surface area contributed by atoms with E-state index in [1.165, 1.54) is 11.3 Å². The predicted octanol–water partition coefficient (Wildman–Crippen LogP) is 1.27. The number of amides is 1. The molecule has 1 aromatic carbocycles. The maximum Gasteiger partial charge on any atom is 0.240 e. The molecule has 0 atom stereocenters. The van der Waals surface area contributed by atoms with Crippen LogP contribution in [-0.2, 0) is 11.3 Å². The number of nitrogens with one attached hydrogen (secondary N) is 1. The van der Waals surface area contributed by atoms with Crippen molar-refractivity contribution in [3.63, 3.8) is 0 Å². The summed E-state index contributed by atoms with van der Waals surface area (Å²) in [5.41, 5.74) is 4.21. The predicted molar refractivity (Wildman–Crippen MR) is 80.9 cm³/mol. The van der Waals surface area contributed by atoms with Gasteiger partial charge >= 0.3 is 0 Å². The van der Waals surface area contributed by atoms with E-state index in [1.54, 1.807) is 5.51 Å². The van der Waals surface area contributed by atoms with Gasteiger partial charge in [-0.15, -0.1) is 11.3 Å². The van der Waals surface area contributed by atoms with E-state index < -0.39 is 0 Å². The van der Waals surface area contributed by atoms with E-state index in [0.717, 1.165) is 16.7 Å². The van der Waals surface area contributed by atoms with Gasteiger partial charge in [-0.3, -0.25) is 4.79 Å². The second kappa shape index (κ2) is 6.02. The first-order valence-corrected chi connectivity index (χ1v) is 7.45. The Kier molecular flexibility index (Phi) is 3.94. The zero-order valence-corrected chi connectivity index (χ0v) is 12.0. The Morgan fingerprint density at radius 2 is 2.24 bits per heavy atom. The van der Waals surface area contributed by atoms with Gasteiger partial charge in [-0.2, -0.15) is 0 Å². The van der Waals surface area contributed by atoms with E-state index in [4.69, 9.17) is 5.11 Å². The van der Waals surface area contributed by atoms with E-state index in [0.29, 0.717) is 5.82 Å². The van der Waals surface area contributed by atoms with Gasteiger partial charge in [-0.1, -0.05) is 12.1 Å². The van der Waals surface area contributed by atoms with E-state index in [1.807, 2.05) is 34.2 Å². The molecular formula is C14H14N4O2S. The van der Waals surface area contributed by atoms with Crippen molar-refractivity contribution in [2.24, 2.45) is 0 Å². The molecular weight excluding hydrogens is 288 g/mol. The number of carbonyl (C=O) groups is 1. The molecule has 0 spiro atoms. The number of carbonyl (C=O) groups excluding carboxylic acids is 1. The van der Waals surface area contributed by atoms with E-state index in [-0.39, 0.29) is 25.6 Å². The van der Waals surface area contributed by atoms with Gasteiger partial charge in [-0.25, -0.2) is 9.97 Å². The van der Waals surface area contributed by atoms with Crippen molar-refractivity contribution >= 4 is 28.3 Å². The van der Waals surface area contributed by atoms with E-state index >= 15 is 0 Å². The maximum atomic E-state index is 11.9. The molecule has 6 nitrogen and oxygen atoms in total. The Bertz CT molecular complexity index is 752. The molecule has 0 aliphatic rings. The van der Waals surface area contributed by atoms with Crippen molar-refractivity contribution in [1.82, 2.24) is 19.9 Å². The topological polar surface area (TPSA) is 80.0 Å². The average Bonchev–Trinajstić information content (AvgIpc) is 3.13. The maximum absolute atomic E-state index is 11.9. The first kappa shape index (κ1) is 13.7. The van der Waals surface area contributed by atoms with Crippen molar-refractivity contribution in [3.05, 3.63) is 35.2 Å². The van der Waals surface area contributed by atoms with Crippen LogP contribution in [0, 0.1) is 0 Å². The monoisotopic (exact) mass is 302 g/mol. The minimum atomic E-state index is -0.163. The van der Waals surface area contributed by atoms with Crippen molar-refractivity contribution in [2.75, 3.05) is 13.2 Å². The Labute approximate surface area is 125 Å². The fourth-order valence-corrected chi connectivity index (χ4v) is 2.68. The van der Waals surface area contributed by atoms with Gasteiger partial charge in [0.15, 0.2) is 5.82 Å². The van der Waals surface area contributed by atoms with Crippen molar-refractivity contribution in [3.8, 4) is 11.5 Å². The largest absolute Gasteiger partial charge is 0.395 e. The molecule has 3 aromatic rings. The number of hydrogen-bond donors (Lipinski definition) is 2. The Balaban J connectivity index is 2.02. The highest BCUT2D eigenvalue weighted by atomic mass is 32.1. The molecule has 2 N–H and O–H groups in total. The van der Waals surface area contributed by atoms with Crippen LogP contribution in [0.3, 0.4) is 0 Å². The van der Waals surface area contributed by atoms with Crippen LogP contribution in [-0.4, -0.2) is 38.7 Å². The van der Waals surface area contributed by atoms with Crippen molar-refractivity contribution in [1.29, 1.82) is 0 Å². The molecule has 108 valence electrons. The lowest BCUT2D eigenvalue weighted by molar-refractivity contribution is -0.121. The molecule has 0 unspecified atom stereocenters. The van der Waals surface area contributed by atoms with Gasteiger partial charge < -0.3 is 15.0 Å². The Hall–Kier alpha value is -2.25. The summed E-state index contributed by atoms with van der Waals surface area (Å²) in [6, 6.07) is 7.66. The molecule has 0 saturated heterocycles. The van der Waals surface area contributed by atoms with Crippen molar-refractivity contribution < 1.29 is 9.90 Å². The average molecular weight is 302 g/mol. The number of aliphatic hydroxyl groups is 1. The van der Waals surface area contributed by atoms with Gasteiger partial charge in [-0.05, 0) is 12.1 Å². The molecule has 7 heteroatoms. The van der Waals surface area contributed by atoms with Crippen LogP contribution in [0.15, 0.2) is 35.2 Å². The number of aromatic nitrogens is 3. The molecule has 2 aromatic heterocycles. The Morgan fingerprint density at radius 3 is 3.00 bits per heavy atom. The fraction of sp³-hybridized carbons (Fsp3) is 0.214. The van der Waals surface area contributed by atoms with Crippen LogP contribution in [0.1, 0.15) is 0 Å². The fourth-order valence-electron chi connectivity index (χ4n) is 2.15. The molecule has 0 fully saturated rings. The number of imidazole rings is 1. The van der Waals surface area contributed by atoms with Gasteiger partial charge in [0.25, 0.3) is 0 Å². The molecule has 21 heavy (non-hydrogen) atoms. The quantitative estimate of drug-likeness (QED) is 0.744. The number of para-hydroxylation sites is 2. The summed E-state index contributed by atoms with van der Waals surface area (Å²) in [7, 11) is 0. The zero-order valence-electron chi connectivity index (χ0n) is 11.2. The summed E-state index contributed by atoms with van der Waals surface area (Å²) in [5, 5.41) is 13.3. The van der Waals surface area contributed by atoms with Crippen LogP contribution < -0.4 is 5.32 Å². The van der Waals surface area contributed by atoms with Gasteiger partial charge in [0.1, 0.15) is 12.2 Å². The molecule has 0 aliphatic heterocycles. The highest BCUT2D eigenvalue weighted by Gasteiger charge is 2.15. The van der Waals surface area contributed by atoms with Gasteiger partial charge in [0.2, 0.25) is 5.91 Å². The minimum Gasteiger partial charge on any atom is -0.395 e. The number of fused-ring (bicyclic) bond motifs is 1. The highest BCUT2D eigenvalue weighted by molar-refractivity contribution is 7.07. The molecule has 0 aliphatic carbocycles. The van der Waals surface area contributed by atoms with Gasteiger partial charge in [0.05, 0.1) is 23.2 Å². The molecule has 0 saturated carbocycles. The minimum absolute atomic E-state index is 0.0740. The summed E-state index contributed by atoms with van der Waals surface area (Å²) in [4.78, 5) is 20.8. The molecule has 2 heterocycles. The summed E-state index contributed by atoms with van der Waals surface area (Å²) < 4.78 is 1.84. The normalized spacial score (nSPS) is 10.9. The third-order valence-electron chi connectivity index (χ3n) is 3.05. The number of aliphatic hydroxyl groups excluding tert-OH is 1. The van der Waals surface area contributed by atoms with Crippen LogP contribution >= 0.6 is 11.3 Å². The second-order valence-electron chi connectivity index (χ2n) is 4.46. The second-order valence-corrected chi connectivity index (χ2v) is 5.18. The molecule has 0 bridgehead atoms. The first-order chi connectivity index (χ1) is 10.3. The van der Waals surface area contributed by atoms with Crippen LogP contribution in [0.2, 0.25) is 0 Å². The lowest BCUT2D eigenvalue weighted by Gasteiger charge is -2.08.